The van der Waals surface area contributed by atoms with E-state index in [1.165, 1.54) is 0 Å². The first-order chi connectivity index (χ1) is 11.7. The maximum atomic E-state index is 12.3. The second kappa shape index (κ2) is 8.02. The van der Waals surface area contributed by atoms with E-state index in [1.54, 1.807) is 17.9 Å². The minimum Gasteiger partial charge on any atom is -0.539 e. The van der Waals surface area contributed by atoms with Gasteiger partial charge >= 0.3 is 12.1 Å². The first-order valence-corrected chi connectivity index (χ1v) is 12.1. The number of likely N-dealkylation sites (tertiary alicyclic amines) is 1. The van der Waals surface area contributed by atoms with Crippen molar-refractivity contribution < 1.29 is 23.5 Å². The van der Waals surface area contributed by atoms with Crippen LogP contribution < -0.4 is 0 Å². The van der Waals surface area contributed by atoms with Gasteiger partial charge in [0.25, 0.3) is 8.32 Å². The summed E-state index contributed by atoms with van der Waals surface area (Å²) in [4.78, 5) is 26.0. The van der Waals surface area contributed by atoms with Crippen LogP contribution in [-0.2, 0) is 18.7 Å². The van der Waals surface area contributed by atoms with Gasteiger partial charge in [0.1, 0.15) is 5.60 Å². The molecule has 1 heterocycles. The highest BCUT2D eigenvalue weighted by atomic mass is 28.4. The summed E-state index contributed by atoms with van der Waals surface area (Å²) < 4.78 is 16.7. The minimum absolute atomic E-state index is 0.0270. The Labute approximate surface area is 159 Å². The Kier molecular flexibility index (Phi) is 6.96. The molecule has 0 aromatic rings. The van der Waals surface area contributed by atoms with Crippen molar-refractivity contribution in [1.29, 1.82) is 0 Å². The van der Waals surface area contributed by atoms with Gasteiger partial charge in [0.2, 0.25) is 0 Å². The highest BCUT2D eigenvalue weighted by Crippen LogP contribution is 2.38. The van der Waals surface area contributed by atoms with Gasteiger partial charge in [-0.1, -0.05) is 20.8 Å². The van der Waals surface area contributed by atoms with Crippen molar-refractivity contribution in [3.05, 3.63) is 11.8 Å². The molecule has 1 saturated heterocycles. The molecule has 1 aliphatic rings. The molecular weight excluding hydrogens is 350 g/mol. The summed E-state index contributed by atoms with van der Waals surface area (Å²) in [6.45, 7) is 19.2. The molecule has 0 N–H and O–H groups in total. The van der Waals surface area contributed by atoms with E-state index in [0.717, 1.165) is 0 Å². The summed E-state index contributed by atoms with van der Waals surface area (Å²) in [5, 5.41) is -0.0270. The Morgan fingerprint density at radius 2 is 1.65 bits per heavy atom. The van der Waals surface area contributed by atoms with Crippen molar-refractivity contribution in [3.63, 3.8) is 0 Å². The average molecular weight is 386 g/mol. The summed E-state index contributed by atoms with van der Waals surface area (Å²) >= 11 is 0. The topological polar surface area (TPSA) is 65.1 Å². The van der Waals surface area contributed by atoms with E-state index in [4.69, 9.17) is 13.9 Å². The number of esters is 1. The Bertz CT molecular complexity index is 551. The number of nitrogens with zero attached hydrogens (tertiary/aromatic N) is 1. The van der Waals surface area contributed by atoms with Gasteiger partial charge in [-0.2, -0.15) is 0 Å². The summed E-state index contributed by atoms with van der Waals surface area (Å²) in [7, 11) is -2.16. The largest absolute Gasteiger partial charge is 0.539 e. The fourth-order valence-electron chi connectivity index (χ4n) is 2.08. The molecule has 150 valence electrons. The Balaban J connectivity index is 2.81. The van der Waals surface area contributed by atoms with E-state index < -0.39 is 19.9 Å². The van der Waals surface area contributed by atoms with Gasteiger partial charge in [-0.25, -0.2) is 9.59 Å². The summed E-state index contributed by atoms with van der Waals surface area (Å²) in [5.74, 6) is -0.105. The zero-order valence-electron chi connectivity index (χ0n) is 17.8. The molecule has 1 amide bonds. The molecule has 26 heavy (non-hydrogen) atoms. The van der Waals surface area contributed by atoms with Crippen LogP contribution in [0.4, 0.5) is 4.79 Å². The number of ether oxygens (including phenoxy) is 2. The molecule has 1 rings (SSSR count). The van der Waals surface area contributed by atoms with Crippen molar-refractivity contribution in [2.45, 2.75) is 72.2 Å². The van der Waals surface area contributed by atoms with E-state index in [0.29, 0.717) is 19.7 Å². The predicted octanol–water partition coefficient (Wildman–Crippen LogP) is 4.32. The van der Waals surface area contributed by atoms with Crippen LogP contribution in [0, 0.1) is 5.92 Å². The van der Waals surface area contributed by atoms with Gasteiger partial charge < -0.3 is 18.8 Å². The SMILES string of the molecule is CCOC(=O)/C(=C/C1CN(C(=O)OC(C)(C)C)C1)O[Si](C)(C)C(C)(C)C. The number of hydrogen-bond donors (Lipinski definition) is 0. The van der Waals surface area contributed by atoms with Gasteiger partial charge in [0.15, 0.2) is 5.76 Å². The van der Waals surface area contributed by atoms with Crippen LogP contribution in [0.2, 0.25) is 18.1 Å². The lowest BCUT2D eigenvalue weighted by molar-refractivity contribution is -0.141. The lowest BCUT2D eigenvalue weighted by Crippen LogP contribution is -2.51. The summed E-state index contributed by atoms with van der Waals surface area (Å²) in [5.41, 5.74) is -0.514. The van der Waals surface area contributed by atoms with Crippen LogP contribution >= 0.6 is 0 Å². The van der Waals surface area contributed by atoms with Crippen molar-refractivity contribution in [2.24, 2.45) is 5.92 Å². The van der Waals surface area contributed by atoms with Crippen LogP contribution in [0.5, 0.6) is 0 Å². The zero-order chi connectivity index (χ0) is 20.3. The smallest absolute Gasteiger partial charge is 0.410 e. The van der Waals surface area contributed by atoms with Crippen LogP contribution in [0.15, 0.2) is 11.8 Å². The normalized spacial score (nSPS) is 16.8. The maximum absolute atomic E-state index is 12.3. The molecular formula is C19H35NO5Si. The molecule has 0 saturated carbocycles. The zero-order valence-corrected chi connectivity index (χ0v) is 18.8. The first kappa shape index (κ1) is 22.5. The van der Waals surface area contributed by atoms with E-state index in [1.807, 2.05) is 20.8 Å². The van der Waals surface area contributed by atoms with E-state index in [9.17, 15) is 9.59 Å². The highest BCUT2D eigenvalue weighted by molar-refractivity contribution is 6.74. The lowest BCUT2D eigenvalue weighted by atomic mass is 10.00. The Morgan fingerprint density at radius 3 is 2.08 bits per heavy atom. The number of carbonyl (C=O) groups is 2. The van der Waals surface area contributed by atoms with Crippen molar-refractivity contribution in [1.82, 2.24) is 4.90 Å². The molecule has 0 aliphatic carbocycles. The maximum Gasteiger partial charge on any atom is 0.410 e. The highest BCUT2D eigenvalue weighted by Gasteiger charge is 2.41. The lowest BCUT2D eigenvalue weighted by Gasteiger charge is -2.40. The summed E-state index contributed by atoms with van der Waals surface area (Å²) in [6, 6.07) is 0. The third-order valence-electron chi connectivity index (χ3n) is 4.60. The molecule has 0 atom stereocenters. The quantitative estimate of drug-likeness (QED) is 0.305. The fourth-order valence-corrected chi connectivity index (χ4v) is 3.09. The van der Waals surface area contributed by atoms with Gasteiger partial charge in [-0.15, -0.1) is 0 Å². The van der Waals surface area contributed by atoms with Crippen molar-refractivity contribution in [2.75, 3.05) is 19.7 Å². The molecule has 1 fully saturated rings. The Hall–Kier alpha value is -1.50. The molecule has 7 heteroatoms. The van der Waals surface area contributed by atoms with Crippen molar-refractivity contribution in [3.8, 4) is 0 Å². The number of amides is 1. The third-order valence-corrected chi connectivity index (χ3v) is 8.94. The van der Waals surface area contributed by atoms with E-state index in [2.05, 4.69) is 33.9 Å². The number of carbonyl (C=O) groups excluding carboxylic acids is 2. The summed E-state index contributed by atoms with van der Waals surface area (Å²) in [6.07, 6.45) is 1.48. The van der Waals surface area contributed by atoms with Gasteiger partial charge in [-0.3, -0.25) is 0 Å². The van der Waals surface area contributed by atoms with E-state index >= 15 is 0 Å². The minimum atomic E-state index is -2.16. The molecule has 6 nitrogen and oxygen atoms in total. The van der Waals surface area contributed by atoms with Gasteiger partial charge in [0, 0.05) is 19.0 Å². The fraction of sp³-hybridized carbons (Fsp3) is 0.789. The molecule has 1 aliphatic heterocycles. The van der Waals surface area contributed by atoms with Crippen LogP contribution in [0.3, 0.4) is 0 Å². The van der Waals surface area contributed by atoms with Crippen molar-refractivity contribution >= 4 is 20.4 Å². The molecule has 0 radical (unpaired) electrons. The third kappa shape index (κ3) is 6.34. The molecule has 0 unspecified atom stereocenters. The van der Waals surface area contributed by atoms with Gasteiger partial charge in [0.05, 0.1) is 6.61 Å². The van der Waals surface area contributed by atoms with Gasteiger partial charge in [-0.05, 0) is 51.9 Å². The van der Waals surface area contributed by atoms with E-state index in [-0.39, 0.29) is 22.8 Å². The molecule has 0 spiro atoms. The molecule has 0 aromatic heterocycles. The van der Waals surface area contributed by atoms with Crippen LogP contribution in [0.25, 0.3) is 0 Å². The van der Waals surface area contributed by atoms with Crippen LogP contribution in [0.1, 0.15) is 48.5 Å². The molecule has 0 bridgehead atoms. The monoisotopic (exact) mass is 385 g/mol. The first-order valence-electron chi connectivity index (χ1n) is 9.22. The average Bonchev–Trinajstić information content (AvgIpc) is 2.37. The van der Waals surface area contributed by atoms with Crippen LogP contribution in [-0.4, -0.2) is 50.6 Å². The number of hydrogen-bond acceptors (Lipinski definition) is 5. The second-order valence-corrected chi connectivity index (χ2v) is 14.0. The Morgan fingerprint density at radius 1 is 1.12 bits per heavy atom. The molecule has 0 aromatic carbocycles. The second-order valence-electron chi connectivity index (χ2n) is 9.26. The standard InChI is InChI=1S/C19H35NO5Si/c1-10-23-16(21)15(25-26(8,9)19(5,6)7)11-14-12-20(13-14)17(22)24-18(2,3)4/h11,14H,10,12-13H2,1-9H3/b15-11-. The predicted molar refractivity (Wildman–Crippen MR) is 104 cm³/mol. The number of rotatable bonds is 5.